The van der Waals surface area contributed by atoms with E-state index < -0.39 is 0 Å². The van der Waals surface area contributed by atoms with Gasteiger partial charge in [-0.05, 0) is 56.4 Å². The first-order valence-electron chi connectivity index (χ1n) is 6.48. The number of anilines is 1. The summed E-state index contributed by atoms with van der Waals surface area (Å²) in [7, 11) is 1.86. The topological polar surface area (TPSA) is 46.3 Å². The fourth-order valence-corrected chi connectivity index (χ4v) is 2.43. The van der Waals surface area contributed by atoms with E-state index in [1.165, 1.54) is 16.7 Å². The van der Waals surface area contributed by atoms with E-state index in [-0.39, 0.29) is 11.3 Å². The molecule has 0 radical (unpaired) electrons. The summed E-state index contributed by atoms with van der Waals surface area (Å²) in [6, 6.07) is 4.10. The Morgan fingerprint density at radius 1 is 1.28 bits per heavy atom. The first-order valence-corrected chi connectivity index (χ1v) is 6.48. The van der Waals surface area contributed by atoms with Crippen LogP contribution in [0.25, 0.3) is 0 Å². The number of nitrogens with two attached hydrogens (primary N) is 1. The summed E-state index contributed by atoms with van der Waals surface area (Å²) < 4.78 is 0. The molecule has 3 nitrogen and oxygen atoms in total. The second-order valence-corrected chi connectivity index (χ2v) is 5.50. The fraction of sp³-hybridized carbons (Fsp3) is 0.533. The van der Waals surface area contributed by atoms with E-state index in [0.29, 0.717) is 6.54 Å². The van der Waals surface area contributed by atoms with Crippen molar-refractivity contribution < 1.29 is 4.79 Å². The molecular weight excluding hydrogens is 224 g/mol. The molecule has 1 amide bonds. The summed E-state index contributed by atoms with van der Waals surface area (Å²) in [6.45, 7) is 6.72. The molecule has 0 spiro atoms. The van der Waals surface area contributed by atoms with E-state index in [4.69, 9.17) is 5.73 Å². The standard InChI is InChI=1S/C15H22N2O/c1-10-5-6-13(12(3)11(10)2)17(4)14(18)15(9-16)7-8-15/h5-6H,7-9,16H2,1-4H3. The van der Waals surface area contributed by atoms with E-state index in [1.807, 2.05) is 13.1 Å². The average molecular weight is 246 g/mol. The largest absolute Gasteiger partial charge is 0.329 e. The van der Waals surface area contributed by atoms with Crippen molar-refractivity contribution in [2.75, 3.05) is 18.5 Å². The van der Waals surface area contributed by atoms with Gasteiger partial charge < -0.3 is 10.6 Å². The molecule has 0 heterocycles. The van der Waals surface area contributed by atoms with Gasteiger partial charge in [-0.3, -0.25) is 4.79 Å². The van der Waals surface area contributed by atoms with Gasteiger partial charge in [0.15, 0.2) is 0 Å². The predicted molar refractivity (Wildman–Crippen MR) is 74.8 cm³/mol. The number of hydrogen-bond acceptors (Lipinski definition) is 2. The Bertz CT molecular complexity index is 490. The number of rotatable bonds is 3. The van der Waals surface area contributed by atoms with Gasteiger partial charge in [0.1, 0.15) is 0 Å². The lowest BCUT2D eigenvalue weighted by atomic mass is 10.00. The van der Waals surface area contributed by atoms with Crippen LogP contribution in [0.4, 0.5) is 5.69 Å². The van der Waals surface area contributed by atoms with Crippen molar-refractivity contribution in [3.8, 4) is 0 Å². The Morgan fingerprint density at radius 2 is 1.89 bits per heavy atom. The molecule has 98 valence electrons. The molecule has 1 fully saturated rings. The van der Waals surface area contributed by atoms with Crippen molar-refractivity contribution in [3.05, 3.63) is 28.8 Å². The Labute approximate surface area is 109 Å². The molecule has 1 aliphatic rings. The number of aryl methyl sites for hydroxylation is 1. The van der Waals surface area contributed by atoms with Crippen LogP contribution in [0.5, 0.6) is 0 Å². The molecule has 0 aliphatic heterocycles. The fourth-order valence-electron chi connectivity index (χ4n) is 2.43. The van der Waals surface area contributed by atoms with Crippen molar-refractivity contribution in [2.45, 2.75) is 33.6 Å². The normalized spacial score (nSPS) is 16.5. The number of carbonyl (C=O) groups excluding carboxylic acids is 1. The van der Waals surface area contributed by atoms with Gasteiger partial charge in [0.2, 0.25) is 5.91 Å². The Hall–Kier alpha value is -1.35. The summed E-state index contributed by atoms with van der Waals surface area (Å²) in [4.78, 5) is 14.2. The third-order valence-corrected chi connectivity index (χ3v) is 4.39. The van der Waals surface area contributed by atoms with E-state index in [0.717, 1.165) is 18.5 Å². The van der Waals surface area contributed by atoms with Gasteiger partial charge in [-0.2, -0.15) is 0 Å². The number of hydrogen-bond donors (Lipinski definition) is 1. The molecule has 0 saturated heterocycles. The molecule has 1 aromatic carbocycles. The molecular formula is C15H22N2O. The number of amides is 1. The lowest BCUT2D eigenvalue weighted by Crippen LogP contribution is -2.38. The van der Waals surface area contributed by atoms with Crippen LogP contribution < -0.4 is 10.6 Å². The highest BCUT2D eigenvalue weighted by atomic mass is 16.2. The zero-order valence-electron chi connectivity index (χ0n) is 11.7. The van der Waals surface area contributed by atoms with Crippen LogP contribution in [-0.4, -0.2) is 19.5 Å². The Morgan fingerprint density at radius 3 is 2.39 bits per heavy atom. The van der Waals surface area contributed by atoms with Crippen molar-refractivity contribution >= 4 is 11.6 Å². The van der Waals surface area contributed by atoms with E-state index in [1.54, 1.807) is 4.90 Å². The van der Waals surface area contributed by atoms with Crippen molar-refractivity contribution in [1.82, 2.24) is 0 Å². The number of benzene rings is 1. The van der Waals surface area contributed by atoms with Crippen LogP contribution in [-0.2, 0) is 4.79 Å². The highest BCUT2D eigenvalue weighted by Crippen LogP contribution is 2.46. The van der Waals surface area contributed by atoms with E-state index in [2.05, 4.69) is 26.8 Å². The summed E-state index contributed by atoms with van der Waals surface area (Å²) in [5, 5.41) is 0. The van der Waals surface area contributed by atoms with E-state index in [9.17, 15) is 4.79 Å². The molecule has 18 heavy (non-hydrogen) atoms. The first-order chi connectivity index (χ1) is 8.43. The van der Waals surface area contributed by atoms with Gasteiger partial charge in [0.25, 0.3) is 0 Å². The van der Waals surface area contributed by atoms with Gasteiger partial charge >= 0.3 is 0 Å². The maximum Gasteiger partial charge on any atom is 0.234 e. The molecule has 2 rings (SSSR count). The van der Waals surface area contributed by atoms with Crippen molar-refractivity contribution in [3.63, 3.8) is 0 Å². The minimum absolute atomic E-state index is 0.163. The van der Waals surface area contributed by atoms with Gasteiger partial charge in [0.05, 0.1) is 5.41 Å². The lowest BCUT2D eigenvalue weighted by Gasteiger charge is -2.25. The monoisotopic (exact) mass is 246 g/mol. The Kier molecular flexibility index (Phi) is 3.20. The maximum atomic E-state index is 12.5. The van der Waals surface area contributed by atoms with Gasteiger partial charge in [-0.15, -0.1) is 0 Å². The van der Waals surface area contributed by atoms with Gasteiger partial charge in [-0.25, -0.2) is 0 Å². The van der Waals surface area contributed by atoms with Crippen molar-refractivity contribution in [1.29, 1.82) is 0 Å². The molecule has 1 saturated carbocycles. The van der Waals surface area contributed by atoms with E-state index >= 15 is 0 Å². The molecule has 1 aromatic rings. The van der Waals surface area contributed by atoms with Gasteiger partial charge in [-0.1, -0.05) is 6.07 Å². The quantitative estimate of drug-likeness (QED) is 0.889. The minimum Gasteiger partial charge on any atom is -0.329 e. The molecule has 0 aromatic heterocycles. The first kappa shape index (κ1) is 13.1. The predicted octanol–water partition coefficient (Wildman–Crippen LogP) is 2.31. The number of nitrogens with zero attached hydrogens (tertiary/aromatic N) is 1. The second-order valence-electron chi connectivity index (χ2n) is 5.50. The van der Waals surface area contributed by atoms with Crippen LogP contribution in [0.3, 0.4) is 0 Å². The Balaban J connectivity index is 2.32. The highest BCUT2D eigenvalue weighted by Gasteiger charge is 2.50. The third kappa shape index (κ3) is 1.93. The van der Waals surface area contributed by atoms with Crippen LogP contribution in [0.15, 0.2) is 12.1 Å². The summed E-state index contributed by atoms with van der Waals surface area (Å²) in [5.74, 6) is 0.163. The van der Waals surface area contributed by atoms with Crippen LogP contribution in [0.1, 0.15) is 29.5 Å². The molecule has 2 N–H and O–H groups in total. The summed E-state index contributed by atoms with van der Waals surface area (Å²) >= 11 is 0. The zero-order valence-corrected chi connectivity index (χ0v) is 11.7. The summed E-state index contributed by atoms with van der Waals surface area (Å²) in [6.07, 6.45) is 1.85. The van der Waals surface area contributed by atoms with Gasteiger partial charge in [0, 0.05) is 19.3 Å². The minimum atomic E-state index is -0.278. The smallest absolute Gasteiger partial charge is 0.234 e. The molecule has 1 aliphatic carbocycles. The lowest BCUT2D eigenvalue weighted by molar-refractivity contribution is -0.123. The number of carbonyl (C=O) groups is 1. The SMILES string of the molecule is Cc1ccc(N(C)C(=O)C2(CN)CC2)c(C)c1C. The zero-order chi connectivity index (χ0) is 13.5. The molecule has 0 unspecified atom stereocenters. The third-order valence-electron chi connectivity index (χ3n) is 4.39. The second kappa shape index (κ2) is 4.39. The van der Waals surface area contributed by atoms with Crippen LogP contribution in [0, 0.1) is 26.2 Å². The maximum absolute atomic E-state index is 12.5. The molecule has 3 heteroatoms. The summed E-state index contributed by atoms with van der Waals surface area (Å²) in [5.41, 5.74) is 10.1. The van der Waals surface area contributed by atoms with Crippen LogP contribution in [0.2, 0.25) is 0 Å². The average Bonchev–Trinajstić information content (AvgIpc) is 3.15. The van der Waals surface area contributed by atoms with Crippen molar-refractivity contribution in [2.24, 2.45) is 11.1 Å². The molecule has 0 atom stereocenters. The molecule has 0 bridgehead atoms. The van der Waals surface area contributed by atoms with Crippen LogP contribution >= 0.6 is 0 Å². The highest BCUT2D eigenvalue weighted by molar-refractivity contribution is 5.99.